The summed E-state index contributed by atoms with van der Waals surface area (Å²) in [4.78, 5) is 40.7. The summed E-state index contributed by atoms with van der Waals surface area (Å²) in [5.41, 5.74) is 3.82. The molecule has 0 fully saturated rings. The lowest BCUT2D eigenvalue weighted by atomic mass is 9.55. The quantitative estimate of drug-likeness (QED) is 0.319. The summed E-state index contributed by atoms with van der Waals surface area (Å²) in [6.45, 7) is 3.65. The zero-order valence-corrected chi connectivity index (χ0v) is 21.8. The molecule has 10 nitrogen and oxygen atoms in total. The Morgan fingerprint density at radius 2 is 1.64 bits per heavy atom. The standard InChI is InChI=1S/C29H30N2O8/c1-11-5-7-13(8-6-11)14-9-15-12(2)17-19(23(33)18(15)16(32)10-14)26(36)29(39)21(24(17)34)22(31(3)4)25(35)20(27(29)37)28(30)38/h5-10,12,17,21-22,24,32,34-36,39H,1-4H3,(H2,30,38). The molecule has 2 aromatic carbocycles. The molecule has 0 aromatic heterocycles. The number of hydrogen-bond donors (Lipinski definition) is 6. The van der Waals surface area contributed by atoms with Crippen LogP contribution in [0.3, 0.4) is 0 Å². The van der Waals surface area contributed by atoms with E-state index in [-0.39, 0.29) is 11.3 Å². The SMILES string of the molecule is Cc1ccc(-c2cc(O)c3c(c2)C(C)C2C(=C(O)C4(O)C(=O)C(C(N)=O)=C(O)C(N(C)C)C4C2O)C3=O)cc1. The van der Waals surface area contributed by atoms with Gasteiger partial charge in [0.1, 0.15) is 22.8 Å². The number of nitrogens with two attached hydrogens (primary N) is 1. The molecule has 2 aromatic rings. The van der Waals surface area contributed by atoms with E-state index in [1.54, 1.807) is 13.0 Å². The maximum Gasteiger partial charge on any atom is 0.255 e. The summed E-state index contributed by atoms with van der Waals surface area (Å²) in [6, 6.07) is 9.42. The monoisotopic (exact) mass is 534 g/mol. The highest BCUT2D eigenvalue weighted by Crippen LogP contribution is 2.55. The Hall–Kier alpha value is -3.99. The predicted molar refractivity (Wildman–Crippen MR) is 140 cm³/mol. The van der Waals surface area contributed by atoms with Crippen molar-refractivity contribution in [2.45, 2.75) is 37.5 Å². The van der Waals surface area contributed by atoms with Crippen molar-refractivity contribution in [2.24, 2.45) is 17.6 Å². The molecule has 0 aliphatic heterocycles. The van der Waals surface area contributed by atoms with Gasteiger partial charge in [-0.05, 0) is 55.8 Å². The van der Waals surface area contributed by atoms with E-state index in [4.69, 9.17) is 5.73 Å². The number of amides is 1. The van der Waals surface area contributed by atoms with Gasteiger partial charge in [0, 0.05) is 11.5 Å². The minimum absolute atomic E-state index is 0.119. The van der Waals surface area contributed by atoms with Crippen molar-refractivity contribution in [3.05, 3.63) is 75.8 Å². The first-order valence-electron chi connectivity index (χ1n) is 12.5. The largest absolute Gasteiger partial charge is 0.510 e. The lowest BCUT2D eigenvalue weighted by Crippen LogP contribution is -2.68. The molecule has 0 spiro atoms. The third kappa shape index (κ3) is 3.48. The molecule has 1 amide bonds. The molecular formula is C29H30N2O8. The van der Waals surface area contributed by atoms with Gasteiger partial charge in [0.15, 0.2) is 11.4 Å². The molecule has 0 bridgehead atoms. The number of ketones is 2. The number of fused-ring (bicyclic) bond motifs is 3. The summed E-state index contributed by atoms with van der Waals surface area (Å²) in [7, 11) is 2.99. The van der Waals surface area contributed by atoms with Crippen LogP contribution in [-0.4, -0.2) is 79.7 Å². The summed E-state index contributed by atoms with van der Waals surface area (Å²) >= 11 is 0. The Bertz CT molecular complexity index is 1510. The van der Waals surface area contributed by atoms with Gasteiger partial charge in [0.05, 0.1) is 23.6 Å². The number of phenolic OH excluding ortho intramolecular Hbond substituents is 1. The molecule has 10 heteroatoms. The number of aromatic hydroxyl groups is 1. The molecule has 0 saturated carbocycles. The first-order valence-corrected chi connectivity index (χ1v) is 12.5. The Morgan fingerprint density at radius 1 is 1.03 bits per heavy atom. The smallest absolute Gasteiger partial charge is 0.255 e. The van der Waals surface area contributed by atoms with Crippen LogP contribution in [0.1, 0.15) is 34.3 Å². The lowest BCUT2D eigenvalue weighted by molar-refractivity contribution is -0.162. The third-order valence-electron chi connectivity index (χ3n) is 8.45. The van der Waals surface area contributed by atoms with Gasteiger partial charge in [-0.2, -0.15) is 0 Å². The number of primary amides is 1. The summed E-state index contributed by atoms with van der Waals surface area (Å²) < 4.78 is 0. The maximum atomic E-state index is 13.8. The van der Waals surface area contributed by atoms with Gasteiger partial charge in [-0.3, -0.25) is 19.3 Å². The van der Waals surface area contributed by atoms with Gasteiger partial charge in [0.2, 0.25) is 5.78 Å². The van der Waals surface area contributed by atoms with Crippen molar-refractivity contribution in [2.75, 3.05) is 14.1 Å². The van der Waals surface area contributed by atoms with Crippen LogP contribution in [0.15, 0.2) is 59.1 Å². The fraction of sp³-hybridized carbons (Fsp3) is 0.345. The Morgan fingerprint density at radius 3 is 2.21 bits per heavy atom. The van der Waals surface area contributed by atoms with Crippen LogP contribution in [0.5, 0.6) is 5.75 Å². The number of aliphatic hydroxyl groups is 4. The van der Waals surface area contributed by atoms with Gasteiger partial charge in [0.25, 0.3) is 5.91 Å². The second-order valence-electron chi connectivity index (χ2n) is 10.9. The van der Waals surface area contributed by atoms with E-state index in [2.05, 4.69) is 0 Å². The van der Waals surface area contributed by atoms with E-state index in [0.29, 0.717) is 11.1 Å². The van der Waals surface area contributed by atoms with Crippen LogP contribution >= 0.6 is 0 Å². The van der Waals surface area contributed by atoms with Crippen molar-refractivity contribution in [3.63, 3.8) is 0 Å². The molecule has 0 saturated heterocycles. The Labute approximate surface area is 224 Å². The number of benzene rings is 2. The number of carbonyl (C=O) groups is 3. The Balaban J connectivity index is 1.75. The van der Waals surface area contributed by atoms with Crippen LogP contribution in [0.4, 0.5) is 0 Å². The van der Waals surface area contributed by atoms with E-state index in [1.807, 2.05) is 31.2 Å². The van der Waals surface area contributed by atoms with Gasteiger partial charge >= 0.3 is 0 Å². The number of carbonyl (C=O) groups excluding carboxylic acids is 3. The van der Waals surface area contributed by atoms with Crippen molar-refractivity contribution in [3.8, 4) is 16.9 Å². The average Bonchev–Trinajstić information content (AvgIpc) is 2.86. The van der Waals surface area contributed by atoms with Crippen molar-refractivity contribution < 1.29 is 39.9 Å². The molecule has 204 valence electrons. The van der Waals surface area contributed by atoms with Crippen LogP contribution < -0.4 is 5.73 Å². The first kappa shape index (κ1) is 26.6. The molecule has 0 radical (unpaired) electrons. The van der Waals surface area contributed by atoms with Crippen molar-refractivity contribution in [1.29, 1.82) is 0 Å². The Kier molecular flexibility index (Phi) is 5.98. The van der Waals surface area contributed by atoms with Crippen molar-refractivity contribution >= 4 is 17.5 Å². The normalized spacial score (nSPS) is 30.3. The summed E-state index contributed by atoms with van der Waals surface area (Å²) in [5.74, 6) is -9.08. The average molecular weight is 535 g/mol. The van der Waals surface area contributed by atoms with Crippen LogP contribution in [0.25, 0.3) is 11.1 Å². The molecule has 6 unspecified atom stereocenters. The predicted octanol–water partition coefficient (Wildman–Crippen LogP) is 1.63. The summed E-state index contributed by atoms with van der Waals surface area (Å²) in [5, 5.41) is 56.7. The van der Waals surface area contributed by atoms with E-state index in [9.17, 15) is 39.9 Å². The zero-order chi connectivity index (χ0) is 28.7. The lowest BCUT2D eigenvalue weighted by Gasteiger charge is -2.53. The van der Waals surface area contributed by atoms with Crippen molar-refractivity contribution in [1.82, 2.24) is 4.90 Å². The number of aryl methyl sites for hydroxylation is 1. The fourth-order valence-corrected chi connectivity index (χ4v) is 6.57. The minimum atomic E-state index is -2.93. The third-order valence-corrected chi connectivity index (χ3v) is 8.45. The second-order valence-corrected chi connectivity index (χ2v) is 10.9. The highest BCUT2D eigenvalue weighted by atomic mass is 16.4. The van der Waals surface area contributed by atoms with Crippen LogP contribution in [0.2, 0.25) is 0 Å². The number of nitrogens with zero attached hydrogens (tertiary/aromatic N) is 1. The van der Waals surface area contributed by atoms with E-state index < -0.39 is 75.6 Å². The number of likely N-dealkylation sites (N-methyl/N-ethyl adjacent to an activating group) is 1. The second kappa shape index (κ2) is 8.77. The van der Waals surface area contributed by atoms with Gasteiger partial charge in [-0.15, -0.1) is 0 Å². The van der Waals surface area contributed by atoms with E-state index in [0.717, 1.165) is 11.1 Å². The number of phenols is 1. The molecule has 0 heterocycles. The molecule has 7 N–H and O–H groups in total. The minimum Gasteiger partial charge on any atom is -0.510 e. The van der Waals surface area contributed by atoms with Crippen LogP contribution in [-0.2, 0) is 9.59 Å². The number of Topliss-reactive ketones (excluding diaryl/α,β-unsaturated/α-hetero) is 2. The highest BCUT2D eigenvalue weighted by molar-refractivity contribution is 6.25. The number of hydrogen-bond acceptors (Lipinski definition) is 9. The molecule has 5 rings (SSSR count). The molecule has 39 heavy (non-hydrogen) atoms. The van der Waals surface area contributed by atoms with Gasteiger partial charge in [-0.25, -0.2) is 0 Å². The molecule has 3 aliphatic rings. The topological polar surface area (TPSA) is 182 Å². The summed E-state index contributed by atoms with van der Waals surface area (Å²) in [6.07, 6.45) is -1.63. The number of aliphatic hydroxyl groups excluding tert-OH is 3. The molecular weight excluding hydrogens is 504 g/mol. The van der Waals surface area contributed by atoms with E-state index >= 15 is 0 Å². The molecule has 6 atom stereocenters. The maximum absolute atomic E-state index is 13.8. The fourth-order valence-electron chi connectivity index (χ4n) is 6.57. The first-order chi connectivity index (χ1) is 18.2. The number of rotatable bonds is 3. The zero-order valence-electron chi connectivity index (χ0n) is 21.8. The van der Waals surface area contributed by atoms with Gasteiger partial charge in [-0.1, -0.05) is 36.8 Å². The van der Waals surface area contributed by atoms with Gasteiger partial charge < -0.3 is 31.3 Å². The van der Waals surface area contributed by atoms with E-state index in [1.165, 1.54) is 25.1 Å². The van der Waals surface area contributed by atoms with Crippen LogP contribution in [0, 0.1) is 18.8 Å². The molecule has 3 aliphatic carbocycles. The highest BCUT2D eigenvalue weighted by Gasteiger charge is 2.67.